The van der Waals surface area contributed by atoms with Gasteiger partial charge in [0, 0.05) is 5.56 Å². The summed E-state index contributed by atoms with van der Waals surface area (Å²) in [6.45, 7) is 5.97. The van der Waals surface area contributed by atoms with Gasteiger partial charge in [0.15, 0.2) is 11.5 Å². The van der Waals surface area contributed by atoms with E-state index in [1.807, 2.05) is 20.8 Å². The van der Waals surface area contributed by atoms with Gasteiger partial charge >= 0.3 is 12.1 Å². The zero-order valence-corrected chi connectivity index (χ0v) is 19.3. The third kappa shape index (κ3) is 5.89. The molecule has 1 N–H and O–H groups in total. The molecule has 6 nitrogen and oxygen atoms in total. The Bertz CT molecular complexity index is 1140. The second-order valence-electron chi connectivity index (χ2n) is 8.27. The van der Waals surface area contributed by atoms with E-state index in [1.165, 1.54) is 19.2 Å². The maximum Gasteiger partial charge on any atom is 0.416 e. The quantitative estimate of drug-likeness (QED) is 0.389. The minimum atomic E-state index is -4.42. The number of hydrogen-bond acceptors (Lipinski definition) is 5. The molecule has 1 aromatic heterocycles. The number of carbonyl (C=O) groups is 1. The van der Waals surface area contributed by atoms with E-state index in [0.717, 1.165) is 12.1 Å². The summed E-state index contributed by atoms with van der Waals surface area (Å²) in [7, 11) is 1.49. The van der Waals surface area contributed by atoms with Crippen LogP contribution in [0.15, 0.2) is 46.9 Å². The minimum absolute atomic E-state index is 0.0119. The molecule has 9 heteroatoms. The second-order valence-corrected chi connectivity index (χ2v) is 8.27. The molecule has 0 aliphatic carbocycles. The molecule has 0 saturated carbocycles. The maximum atomic E-state index is 12.9. The molecular formula is C25H26F3NO5. The molecule has 3 rings (SSSR count). The molecule has 2 aromatic carbocycles. The topological polar surface area (TPSA) is 81.8 Å². The number of oxazole rings is 1. The van der Waals surface area contributed by atoms with Gasteiger partial charge in [0.05, 0.1) is 37.3 Å². The van der Waals surface area contributed by atoms with Gasteiger partial charge in [-0.2, -0.15) is 13.2 Å². The Morgan fingerprint density at radius 1 is 1.09 bits per heavy atom. The molecule has 1 heterocycles. The van der Waals surface area contributed by atoms with Gasteiger partial charge in [-0.1, -0.05) is 26.8 Å². The zero-order valence-electron chi connectivity index (χ0n) is 19.3. The third-order valence-electron chi connectivity index (χ3n) is 5.21. The van der Waals surface area contributed by atoms with Gasteiger partial charge < -0.3 is 19.0 Å². The van der Waals surface area contributed by atoms with Crippen molar-refractivity contribution in [3.8, 4) is 23.0 Å². The molecule has 0 bridgehead atoms. The second kappa shape index (κ2) is 10.2. The molecule has 0 fully saturated rings. The van der Waals surface area contributed by atoms with Gasteiger partial charge in [-0.25, -0.2) is 4.98 Å². The average Bonchev–Trinajstić information content (AvgIpc) is 3.23. The standard InChI is InChI=1S/C25H26F3NO5/c1-14(2)22-23(34-24(29-22)17-6-8-18(9-7-17)25(26,27)28)15(3)13-33-20-11-16(12-21(30)31)5-10-19(20)32-4/h5-11,14-15H,12-13H2,1-4H3,(H,30,31)/t15-/m1/s1. The number of rotatable bonds is 9. The van der Waals surface area contributed by atoms with Crippen molar-refractivity contribution < 1.29 is 37.0 Å². The fraction of sp³-hybridized carbons (Fsp3) is 0.360. The number of aromatic nitrogens is 1. The Labute approximate surface area is 195 Å². The normalized spacial score (nSPS) is 12.6. The van der Waals surface area contributed by atoms with E-state index in [9.17, 15) is 18.0 Å². The molecule has 182 valence electrons. The highest BCUT2D eigenvalue weighted by Gasteiger charge is 2.30. The van der Waals surface area contributed by atoms with Gasteiger partial charge in [0.25, 0.3) is 0 Å². The van der Waals surface area contributed by atoms with Crippen molar-refractivity contribution in [2.45, 2.75) is 45.2 Å². The molecular weight excluding hydrogens is 451 g/mol. The molecule has 0 aliphatic rings. The fourth-order valence-corrected chi connectivity index (χ4v) is 3.44. The Balaban J connectivity index is 1.83. The molecule has 0 saturated heterocycles. The lowest BCUT2D eigenvalue weighted by Gasteiger charge is -2.16. The molecule has 0 radical (unpaired) electrons. The van der Waals surface area contributed by atoms with Crippen molar-refractivity contribution >= 4 is 5.97 Å². The predicted molar refractivity (Wildman–Crippen MR) is 119 cm³/mol. The zero-order chi connectivity index (χ0) is 25.0. The fourth-order valence-electron chi connectivity index (χ4n) is 3.44. The predicted octanol–water partition coefficient (Wildman–Crippen LogP) is 6.30. The smallest absolute Gasteiger partial charge is 0.416 e. The summed E-state index contributed by atoms with van der Waals surface area (Å²) in [5.41, 5.74) is 0.964. The van der Waals surface area contributed by atoms with Gasteiger partial charge in [-0.3, -0.25) is 4.79 Å². The van der Waals surface area contributed by atoms with Gasteiger partial charge in [-0.05, 0) is 47.9 Å². The van der Waals surface area contributed by atoms with E-state index in [4.69, 9.17) is 19.0 Å². The molecule has 0 amide bonds. The van der Waals surface area contributed by atoms with Crippen LogP contribution >= 0.6 is 0 Å². The van der Waals surface area contributed by atoms with Crippen LogP contribution in [0.4, 0.5) is 13.2 Å². The summed E-state index contributed by atoms with van der Waals surface area (Å²) < 4.78 is 55.9. The lowest BCUT2D eigenvalue weighted by atomic mass is 10.0. The van der Waals surface area contributed by atoms with Crippen molar-refractivity contribution in [1.29, 1.82) is 0 Å². The number of aliphatic carboxylic acids is 1. The van der Waals surface area contributed by atoms with Crippen LogP contribution in [-0.2, 0) is 17.4 Å². The number of methoxy groups -OCH3 is 1. The highest BCUT2D eigenvalue weighted by Crippen LogP contribution is 2.35. The first-order chi connectivity index (χ1) is 16.0. The summed E-state index contributed by atoms with van der Waals surface area (Å²) in [5.74, 6) is 0.489. The lowest BCUT2D eigenvalue weighted by molar-refractivity contribution is -0.138. The third-order valence-corrected chi connectivity index (χ3v) is 5.21. The van der Waals surface area contributed by atoms with Crippen LogP contribution in [0.3, 0.4) is 0 Å². The number of benzene rings is 2. The molecule has 3 aromatic rings. The molecule has 1 atom stereocenters. The molecule has 0 aliphatic heterocycles. The Morgan fingerprint density at radius 2 is 1.76 bits per heavy atom. The highest BCUT2D eigenvalue weighted by molar-refractivity contribution is 5.70. The largest absolute Gasteiger partial charge is 0.493 e. The summed E-state index contributed by atoms with van der Waals surface area (Å²) in [4.78, 5) is 15.6. The van der Waals surface area contributed by atoms with Crippen LogP contribution in [0.2, 0.25) is 0 Å². The van der Waals surface area contributed by atoms with E-state index in [2.05, 4.69) is 4.98 Å². The van der Waals surface area contributed by atoms with Crippen molar-refractivity contribution in [2.75, 3.05) is 13.7 Å². The Morgan fingerprint density at radius 3 is 2.32 bits per heavy atom. The van der Waals surface area contributed by atoms with Crippen LogP contribution in [0.25, 0.3) is 11.5 Å². The number of carboxylic acid groups (broad SMARTS) is 1. The van der Waals surface area contributed by atoms with E-state index in [1.54, 1.807) is 18.2 Å². The van der Waals surface area contributed by atoms with Crippen molar-refractivity contribution in [3.63, 3.8) is 0 Å². The monoisotopic (exact) mass is 477 g/mol. The first kappa shape index (κ1) is 25.1. The van der Waals surface area contributed by atoms with Crippen LogP contribution in [-0.4, -0.2) is 29.8 Å². The van der Waals surface area contributed by atoms with E-state index < -0.39 is 17.7 Å². The maximum absolute atomic E-state index is 12.9. The van der Waals surface area contributed by atoms with Crippen molar-refractivity contribution in [3.05, 3.63) is 65.0 Å². The van der Waals surface area contributed by atoms with Crippen LogP contribution in [0, 0.1) is 0 Å². The van der Waals surface area contributed by atoms with E-state index in [-0.39, 0.29) is 30.8 Å². The lowest BCUT2D eigenvalue weighted by Crippen LogP contribution is -2.10. The Kier molecular flexibility index (Phi) is 7.54. The summed E-state index contributed by atoms with van der Waals surface area (Å²) >= 11 is 0. The Hall–Kier alpha value is -3.49. The van der Waals surface area contributed by atoms with E-state index in [0.29, 0.717) is 34.1 Å². The number of hydrogen-bond donors (Lipinski definition) is 1. The summed E-state index contributed by atoms with van der Waals surface area (Å²) in [5, 5.41) is 9.04. The molecule has 0 spiro atoms. The number of ether oxygens (including phenoxy) is 2. The van der Waals surface area contributed by atoms with Crippen molar-refractivity contribution in [1.82, 2.24) is 4.98 Å². The molecule has 0 unspecified atom stereocenters. The van der Waals surface area contributed by atoms with Crippen LogP contribution in [0.5, 0.6) is 11.5 Å². The highest BCUT2D eigenvalue weighted by atomic mass is 19.4. The van der Waals surface area contributed by atoms with Crippen molar-refractivity contribution in [2.24, 2.45) is 0 Å². The van der Waals surface area contributed by atoms with E-state index >= 15 is 0 Å². The first-order valence-electron chi connectivity index (χ1n) is 10.7. The van der Waals surface area contributed by atoms with Gasteiger partial charge in [-0.15, -0.1) is 0 Å². The summed E-state index contributed by atoms with van der Waals surface area (Å²) in [6.07, 6.45) is -4.57. The number of halogens is 3. The number of alkyl halides is 3. The van der Waals surface area contributed by atoms with Gasteiger partial charge in [0.1, 0.15) is 5.76 Å². The number of carboxylic acids is 1. The molecule has 34 heavy (non-hydrogen) atoms. The van der Waals surface area contributed by atoms with Crippen LogP contribution in [0.1, 0.15) is 55.2 Å². The summed E-state index contributed by atoms with van der Waals surface area (Å²) in [6, 6.07) is 9.60. The van der Waals surface area contributed by atoms with Crippen LogP contribution < -0.4 is 9.47 Å². The van der Waals surface area contributed by atoms with Gasteiger partial charge in [0.2, 0.25) is 5.89 Å². The first-order valence-corrected chi connectivity index (χ1v) is 10.7. The minimum Gasteiger partial charge on any atom is -0.493 e. The average molecular weight is 477 g/mol. The SMILES string of the molecule is COc1ccc(CC(=O)O)cc1OC[C@@H](C)c1oc(-c2ccc(C(F)(F)F)cc2)nc1C(C)C. The number of nitrogens with zero attached hydrogens (tertiary/aromatic N) is 1.